The number of hydrogen-bond donors (Lipinski definition) is 1. The Morgan fingerprint density at radius 1 is 1.56 bits per heavy atom. The molecule has 1 aliphatic rings. The Morgan fingerprint density at radius 2 is 2.38 bits per heavy atom. The molecule has 0 bridgehead atoms. The molecule has 2 rings (SSSR count). The van der Waals surface area contributed by atoms with Gasteiger partial charge in [0.25, 0.3) is 0 Å². The minimum Gasteiger partial charge on any atom is -0.380 e. The maximum Gasteiger partial charge on any atom is 0.121 e. The smallest absolute Gasteiger partial charge is 0.121 e. The lowest BCUT2D eigenvalue weighted by Crippen LogP contribution is -2.22. The molecule has 1 aromatic carbocycles. The molecule has 1 aliphatic carbocycles. The Balaban J connectivity index is 2.10. The summed E-state index contributed by atoms with van der Waals surface area (Å²) in [6.45, 7) is 0.593. The number of methoxy groups -OCH3 is 1. The topological polar surface area (TPSA) is 45.0 Å². The standard InChI is InChI=1S/C13H16N2O/c1-16-9-10-3-2-4-11(7-10)13(8-14)15-12-5-6-12/h2-4,7,12-13,15H,5-6,9H2,1H3. The monoisotopic (exact) mass is 216 g/mol. The van der Waals surface area contributed by atoms with Crippen molar-refractivity contribution in [2.24, 2.45) is 0 Å². The quantitative estimate of drug-likeness (QED) is 0.820. The van der Waals surface area contributed by atoms with Crippen molar-refractivity contribution in [1.82, 2.24) is 5.32 Å². The van der Waals surface area contributed by atoms with Gasteiger partial charge in [-0.2, -0.15) is 5.26 Å². The minimum atomic E-state index is -0.190. The van der Waals surface area contributed by atoms with E-state index in [1.54, 1.807) is 7.11 Å². The van der Waals surface area contributed by atoms with E-state index in [4.69, 9.17) is 10.00 Å². The van der Waals surface area contributed by atoms with Gasteiger partial charge in [-0.25, -0.2) is 0 Å². The van der Waals surface area contributed by atoms with Crippen LogP contribution in [0.2, 0.25) is 0 Å². The summed E-state index contributed by atoms with van der Waals surface area (Å²) in [6, 6.07) is 10.7. The predicted molar refractivity (Wildman–Crippen MR) is 61.7 cm³/mol. The second kappa shape index (κ2) is 5.11. The van der Waals surface area contributed by atoms with Gasteiger partial charge in [0.1, 0.15) is 6.04 Å². The lowest BCUT2D eigenvalue weighted by molar-refractivity contribution is 0.185. The van der Waals surface area contributed by atoms with Gasteiger partial charge in [0.05, 0.1) is 12.7 Å². The Bertz CT molecular complexity index is 393. The van der Waals surface area contributed by atoms with Crippen LogP contribution >= 0.6 is 0 Å². The maximum atomic E-state index is 9.13. The van der Waals surface area contributed by atoms with Crippen LogP contribution in [-0.2, 0) is 11.3 Å². The van der Waals surface area contributed by atoms with Gasteiger partial charge in [0, 0.05) is 13.2 Å². The first-order valence-electron chi connectivity index (χ1n) is 5.57. The fraction of sp³-hybridized carbons (Fsp3) is 0.462. The average Bonchev–Trinajstić information content (AvgIpc) is 3.10. The van der Waals surface area contributed by atoms with Crippen molar-refractivity contribution in [3.63, 3.8) is 0 Å². The summed E-state index contributed by atoms with van der Waals surface area (Å²) < 4.78 is 5.09. The molecule has 0 radical (unpaired) electrons. The number of rotatable bonds is 5. The Labute approximate surface area is 96.0 Å². The third-order valence-electron chi connectivity index (χ3n) is 2.70. The zero-order valence-electron chi connectivity index (χ0n) is 9.44. The van der Waals surface area contributed by atoms with Crippen LogP contribution in [0.4, 0.5) is 0 Å². The van der Waals surface area contributed by atoms with E-state index in [0.29, 0.717) is 12.6 Å². The number of nitrogens with one attached hydrogen (secondary N) is 1. The van der Waals surface area contributed by atoms with E-state index in [-0.39, 0.29) is 6.04 Å². The first kappa shape index (κ1) is 11.1. The normalized spacial score (nSPS) is 16.8. The van der Waals surface area contributed by atoms with Crippen LogP contribution in [0.15, 0.2) is 24.3 Å². The second-order valence-corrected chi connectivity index (χ2v) is 4.18. The van der Waals surface area contributed by atoms with Crippen LogP contribution in [0, 0.1) is 11.3 Å². The molecule has 1 fully saturated rings. The first-order chi connectivity index (χ1) is 7.83. The van der Waals surface area contributed by atoms with Crippen LogP contribution in [0.3, 0.4) is 0 Å². The highest BCUT2D eigenvalue weighted by atomic mass is 16.5. The summed E-state index contributed by atoms with van der Waals surface area (Å²) in [6.07, 6.45) is 2.38. The van der Waals surface area contributed by atoms with Gasteiger partial charge in [0.15, 0.2) is 0 Å². The second-order valence-electron chi connectivity index (χ2n) is 4.18. The highest BCUT2D eigenvalue weighted by Crippen LogP contribution is 2.24. The van der Waals surface area contributed by atoms with Gasteiger partial charge in [0.2, 0.25) is 0 Å². The largest absolute Gasteiger partial charge is 0.380 e. The average molecular weight is 216 g/mol. The van der Waals surface area contributed by atoms with Gasteiger partial charge in [-0.3, -0.25) is 5.32 Å². The van der Waals surface area contributed by atoms with Gasteiger partial charge in [-0.05, 0) is 24.0 Å². The Kier molecular flexibility index (Phi) is 3.55. The van der Waals surface area contributed by atoms with Crippen molar-refractivity contribution >= 4 is 0 Å². The summed E-state index contributed by atoms with van der Waals surface area (Å²) in [5.41, 5.74) is 2.14. The fourth-order valence-corrected chi connectivity index (χ4v) is 1.72. The summed E-state index contributed by atoms with van der Waals surface area (Å²) in [7, 11) is 1.68. The van der Waals surface area contributed by atoms with Crippen LogP contribution in [0.25, 0.3) is 0 Å². The molecule has 84 valence electrons. The summed E-state index contributed by atoms with van der Waals surface area (Å²) in [5.74, 6) is 0. The zero-order chi connectivity index (χ0) is 11.4. The van der Waals surface area contributed by atoms with E-state index in [1.807, 2.05) is 24.3 Å². The van der Waals surface area contributed by atoms with E-state index in [0.717, 1.165) is 11.1 Å². The van der Waals surface area contributed by atoms with E-state index in [9.17, 15) is 0 Å². The van der Waals surface area contributed by atoms with E-state index in [2.05, 4.69) is 11.4 Å². The molecule has 0 saturated heterocycles. The molecule has 1 atom stereocenters. The van der Waals surface area contributed by atoms with Crippen LogP contribution in [0.5, 0.6) is 0 Å². The molecule has 3 heteroatoms. The molecule has 1 N–H and O–H groups in total. The molecular weight excluding hydrogens is 200 g/mol. The number of ether oxygens (including phenoxy) is 1. The van der Waals surface area contributed by atoms with Crippen molar-refractivity contribution < 1.29 is 4.74 Å². The van der Waals surface area contributed by atoms with Gasteiger partial charge < -0.3 is 4.74 Å². The number of nitrogens with zero attached hydrogens (tertiary/aromatic N) is 1. The lowest BCUT2D eigenvalue weighted by Gasteiger charge is -2.12. The summed E-state index contributed by atoms with van der Waals surface area (Å²) in [4.78, 5) is 0. The molecule has 0 aromatic heterocycles. The summed E-state index contributed by atoms with van der Waals surface area (Å²) in [5, 5.41) is 12.5. The molecule has 0 amide bonds. The lowest BCUT2D eigenvalue weighted by atomic mass is 10.1. The molecule has 0 aliphatic heterocycles. The minimum absolute atomic E-state index is 0.190. The van der Waals surface area contributed by atoms with Crippen molar-refractivity contribution in [1.29, 1.82) is 5.26 Å². The first-order valence-corrected chi connectivity index (χ1v) is 5.57. The van der Waals surface area contributed by atoms with Crippen molar-refractivity contribution in [2.75, 3.05) is 7.11 Å². The van der Waals surface area contributed by atoms with Gasteiger partial charge in [-0.15, -0.1) is 0 Å². The molecule has 1 unspecified atom stereocenters. The van der Waals surface area contributed by atoms with Gasteiger partial charge in [-0.1, -0.05) is 24.3 Å². The van der Waals surface area contributed by atoms with Crippen LogP contribution < -0.4 is 5.32 Å². The Hall–Kier alpha value is -1.37. The highest BCUT2D eigenvalue weighted by molar-refractivity contribution is 5.29. The van der Waals surface area contributed by atoms with E-state index in [1.165, 1.54) is 12.8 Å². The predicted octanol–water partition coefficient (Wildman–Crippen LogP) is 2.15. The van der Waals surface area contributed by atoms with Crippen molar-refractivity contribution in [2.45, 2.75) is 31.5 Å². The van der Waals surface area contributed by atoms with Crippen LogP contribution in [0.1, 0.15) is 30.0 Å². The van der Waals surface area contributed by atoms with Crippen molar-refractivity contribution in [3.8, 4) is 6.07 Å². The molecule has 1 saturated carbocycles. The zero-order valence-corrected chi connectivity index (χ0v) is 9.44. The summed E-state index contributed by atoms with van der Waals surface area (Å²) >= 11 is 0. The number of benzene rings is 1. The Morgan fingerprint density at radius 3 is 3.00 bits per heavy atom. The third-order valence-corrected chi connectivity index (χ3v) is 2.70. The maximum absolute atomic E-state index is 9.13. The van der Waals surface area contributed by atoms with E-state index < -0.39 is 0 Å². The molecule has 3 nitrogen and oxygen atoms in total. The SMILES string of the molecule is COCc1cccc(C(C#N)NC2CC2)c1. The van der Waals surface area contributed by atoms with E-state index >= 15 is 0 Å². The molecule has 1 aromatic rings. The molecule has 0 heterocycles. The van der Waals surface area contributed by atoms with Gasteiger partial charge >= 0.3 is 0 Å². The third kappa shape index (κ3) is 2.82. The molecule has 16 heavy (non-hydrogen) atoms. The fourth-order valence-electron chi connectivity index (χ4n) is 1.72. The molecular formula is C13H16N2O. The highest BCUT2D eigenvalue weighted by Gasteiger charge is 2.25. The number of nitriles is 1. The van der Waals surface area contributed by atoms with Crippen LogP contribution in [-0.4, -0.2) is 13.2 Å². The van der Waals surface area contributed by atoms with Crippen molar-refractivity contribution in [3.05, 3.63) is 35.4 Å². The molecule has 0 spiro atoms. The number of hydrogen-bond acceptors (Lipinski definition) is 3.